The van der Waals surface area contributed by atoms with Gasteiger partial charge in [0.05, 0.1) is 12.7 Å². The van der Waals surface area contributed by atoms with Gasteiger partial charge in [0.25, 0.3) is 0 Å². The Morgan fingerprint density at radius 2 is 2.00 bits per heavy atom. The minimum absolute atomic E-state index is 0.521. The predicted octanol–water partition coefficient (Wildman–Crippen LogP) is 2.48. The van der Waals surface area contributed by atoms with Crippen molar-refractivity contribution in [3.8, 4) is 0 Å². The van der Waals surface area contributed by atoms with Gasteiger partial charge < -0.3 is 10.1 Å². The van der Waals surface area contributed by atoms with Gasteiger partial charge in [-0.3, -0.25) is 0 Å². The Morgan fingerprint density at radius 1 is 1.27 bits per heavy atom. The molecule has 1 N–H and O–H groups in total. The number of rotatable bonds is 5. The molecule has 82 valence electrons. The second-order valence-electron chi connectivity index (χ2n) is 4.16. The van der Waals surface area contributed by atoms with Gasteiger partial charge in [0.15, 0.2) is 0 Å². The molecule has 1 aromatic rings. The lowest BCUT2D eigenvalue weighted by Crippen LogP contribution is -2.21. The zero-order chi connectivity index (χ0) is 10.5. The summed E-state index contributed by atoms with van der Waals surface area (Å²) in [5, 5.41) is 3.18. The first-order chi connectivity index (χ1) is 7.40. The summed E-state index contributed by atoms with van der Waals surface area (Å²) in [5.74, 6) is 0. The molecule has 15 heavy (non-hydrogen) atoms. The molecule has 1 aromatic carbocycles. The maximum Gasteiger partial charge on any atom is 0.0723 e. The number of nitrogens with one attached hydrogen (secondary N) is 1. The number of hydrogen-bond donors (Lipinski definition) is 1. The fourth-order valence-corrected chi connectivity index (χ4v) is 1.81. The summed E-state index contributed by atoms with van der Waals surface area (Å²) < 4.78 is 5.82. The smallest absolute Gasteiger partial charge is 0.0723 e. The minimum Gasteiger partial charge on any atom is -0.374 e. The SMILES string of the molecule is CNCc1ccccc1COC1CCC1. The third-order valence-electron chi connectivity index (χ3n) is 3.01. The van der Waals surface area contributed by atoms with E-state index in [4.69, 9.17) is 4.74 Å². The Hall–Kier alpha value is -0.860. The van der Waals surface area contributed by atoms with Crippen molar-refractivity contribution in [3.05, 3.63) is 35.4 Å². The molecule has 1 aliphatic rings. The fourth-order valence-electron chi connectivity index (χ4n) is 1.81. The summed E-state index contributed by atoms with van der Waals surface area (Å²) >= 11 is 0. The first-order valence-electron chi connectivity index (χ1n) is 5.73. The molecule has 0 saturated heterocycles. The molecule has 1 fully saturated rings. The van der Waals surface area contributed by atoms with Gasteiger partial charge in [-0.05, 0) is 37.4 Å². The molecule has 0 radical (unpaired) electrons. The van der Waals surface area contributed by atoms with Crippen LogP contribution >= 0.6 is 0 Å². The van der Waals surface area contributed by atoms with Gasteiger partial charge in [0.1, 0.15) is 0 Å². The molecule has 0 unspecified atom stereocenters. The van der Waals surface area contributed by atoms with Crippen molar-refractivity contribution >= 4 is 0 Å². The normalized spacial score (nSPS) is 16.3. The molecule has 2 heteroatoms. The molecule has 0 bridgehead atoms. The van der Waals surface area contributed by atoms with E-state index < -0.39 is 0 Å². The molecule has 0 aromatic heterocycles. The Bertz CT molecular complexity index is 307. The highest BCUT2D eigenvalue weighted by atomic mass is 16.5. The van der Waals surface area contributed by atoms with Gasteiger partial charge in [0.2, 0.25) is 0 Å². The van der Waals surface area contributed by atoms with E-state index in [1.807, 2.05) is 7.05 Å². The van der Waals surface area contributed by atoms with E-state index in [1.54, 1.807) is 0 Å². The van der Waals surface area contributed by atoms with Gasteiger partial charge in [0, 0.05) is 6.54 Å². The van der Waals surface area contributed by atoms with Crippen LogP contribution in [-0.4, -0.2) is 13.2 Å². The van der Waals surface area contributed by atoms with Crippen molar-refractivity contribution in [3.63, 3.8) is 0 Å². The lowest BCUT2D eigenvalue weighted by molar-refractivity contribution is -0.00895. The molecule has 1 saturated carbocycles. The average molecular weight is 205 g/mol. The average Bonchev–Trinajstić information content (AvgIpc) is 2.18. The van der Waals surface area contributed by atoms with Gasteiger partial charge in [-0.25, -0.2) is 0 Å². The third-order valence-corrected chi connectivity index (χ3v) is 3.01. The molecule has 0 atom stereocenters. The van der Waals surface area contributed by atoms with Crippen molar-refractivity contribution in [2.45, 2.75) is 38.5 Å². The maximum atomic E-state index is 5.82. The van der Waals surface area contributed by atoms with Crippen LogP contribution in [0.15, 0.2) is 24.3 Å². The number of benzene rings is 1. The zero-order valence-electron chi connectivity index (χ0n) is 9.33. The van der Waals surface area contributed by atoms with E-state index in [2.05, 4.69) is 29.6 Å². The Balaban J connectivity index is 1.92. The molecule has 0 amide bonds. The lowest BCUT2D eigenvalue weighted by Gasteiger charge is -2.26. The largest absolute Gasteiger partial charge is 0.374 e. The molecule has 0 heterocycles. The molecular weight excluding hydrogens is 186 g/mol. The molecule has 0 spiro atoms. The van der Waals surface area contributed by atoms with Gasteiger partial charge in [-0.15, -0.1) is 0 Å². The molecule has 2 nitrogen and oxygen atoms in total. The number of ether oxygens (including phenoxy) is 1. The van der Waals surface area contributed by atoms with Crippen LogP contribution in [0.1, 0.15) is 30.4 Å². The molecular formula is C13H19NO. The number of hydrogen-bond acceptors (Lipinski definition) is 2. The quantitative estimate of drug-likeness (QED) is 0.797. The van der Waals surface area contributed by atoms with Gasteiger partial charge in [-0.2, -0.15) is 0 Å². The van der Waals surface area contributed by atoms with E-state index in [0.717, 1.165) is 13.2 Å². The van der Waals surface area contributed by atoms with Crippen molar-refractivity contribution in [2.75, 3.05) is 7.05 Å². The van der Waals surface area contributed by atoms with E-state index in [9.17, 15) is 0 Å². The highest BCUT2D eigenvalue weighted by Gasteiger charge is 2.17. The first kappa shape index (κ1) is 10.7. The third kappa shape index (κ3) is 2.80. The van der Waals surface area contributed by atoms with Crippen LogP contribution in [0.5, 0.6) is 0 Å². The van der Waals surface area contributed by atoms with Crippen LogP contribution in [0.3, 0.4) is 0 Å². The van der Waals surface area contributed by atoms with Crippen LogP contribution in [0.25, 0.3) is 0 Å². The van der Waals surface area contributed by atoms with Crippen molar-refractivity contribution in [2.24, 2.45) is 0 Å². The topological polar surface area (TPSA) is 21.3 Å². The monoisotopic (exact) mass is 205 g/mol. The summed E-state index contributed by atoms with van der Waals surface area (Å²) in [6, 6.07) is 8.49. The Morgan fingerprint density at radius 3 is 2.60 bits per heavy atom. The van der Waals surface area contributed by atoms with Gasteiger partial charge >= 0.3 is 0 Å². The molecule has 2 rings (SSSR count). The van der Waals surface area contributed by atoms with Crippen LogP contribution in [-0.2, 0) is 17.9 Å². The second-order valence-corrected chi connectivity index (χ2v) is 4.16. The second kappa shape index (κ2) is 5.29. The van der Waals surface area contributed by atoms with Crippen molar-refractivity contribution in [1.29, 1.82) is 0 Å². The maximum absolute atomic E-state index is 5.82. The highest BCUT2D eigenvalue weighted by molar-refractivity contribution is 5.26. The van der Waals surface area contributed by atoms with E-state index >= 15 is 0 Å². The van der Waals surface area contributed by atoms with Crippen LogP contribution < -0.4 is 5.32 Å². The van der Waals surface area contributed by atoms with E-state index in [-0.39, 0.29) is 0 Å². The van der Waals surface area contributed by atoms with Crippen molar-refractivity contribution in [1.82, 2.24) is 5.32 Å². The standard InChI is InChI=1S/C13H19NO/c1-14-9-11-5-2-3-6-12(11)10-15-13-7-4-8-13/h2-3,5-6,13-14H,4,7-10H2,1H3. The summed E-state index contributed by atoms with van der Waals surface area (Å²) in [4.78, 5) is 0. The first-order valence-corrected chi connectivity index (χ1v) is 5.73. The van der Waals surface area contributed by atoms with Crippen LogP contribution in [0.2, 0.25) is 0 Å². The summed E-state index contributed by atoms with van der Waals surface area (Å²) in [6.45, 7) is 1.69. The minimum atomic E-state index is 0.521. The van der Waals surface area contributed by atoms with Crippen molar-refractivity contribution < 1.29 is 4.74 Å². The summed E-state index contributed by atoms with van der Waals surface area (Å²) in [6.07, 6.45) is 4.35. The van der Waals surface area contributed by atoms with Crippen LogP contribution in [0, 0.1) is 0 Å². The molecule has 1 aliphatic carbocycles. The Kier molecular flexibility index (Phi) is 3.75. The van der Waals surface area contributed by atoms with E-state index in [0.29, 0.717) is 6.10 Å². The zero-order valence-corrected chi connectivity index (χ0v) is 9.33. The lowest BCUT2D eigenvalue weighted by atomic mass is 9.96. The van der Waals surface area contributed by atoms with Crippen LogP contribution in [0.4, 0.5) is 0 Å². The highest BCUT2D eigenvalue weighted by Crippen LogP contribution is 2.23. The summed E-state index contributed by atoms with van der Waals surface area (Å²) in [7, 11) is 1.98. The fraction of sp³-hybridized carbons (Fsp3) is 0.538. The van der Waals surface area contributed by atoms with E-state index in [1.165, 1.54) is 30.4 Å². The Labute approximate surface area is 91.6 Å². The predicted molar refractivity (Wildman–Crippen MR) is 61.6 cm³/mol. The molecule has 0 aliphatic heterocycles. The van der Waals surface area contributed by atoms with Gasteiger partial charge in [-0.1, -0.05) is 24.3 Å². The summed E-state index contributed by atoms with van der Waals surface area (Å²) in [5.41, 5.74) is 2.66.